The molecule has 0 saturated heterocycles. The van der Waals surface area contributed by atoms with Crippen LogP contribution < -0.4 is 5.73 Å². The van der Waals surface area contributed by atoms with Crippen molar-refractivity contribution < 1.29 is 18.3 Å². The smallest absolute Gasteiger partial charge is 0.268 e. The zero-order chi connectivity index (χ0) is 17.1. The highest BCUT2D eigenvalue weighted by Crippen LogP contribution is 2.37. The Kier molecular flexibility index (Phi) is 5.23. The first kappa shape index (κ1) is 17.2. The Morgan fingerprint density at radius 1 is 1.39 bits per heavy atom. The number of hydrogen-bond acceptors (Lipinski definition) is 3. The fourth-order valence-electron chi connectivity index (χ4n) is 2.07. The zero-order valence-electron chi connectivity index (χ0n) is 12.0. The van der Waals surface area contributed by atoms with E-state index in [0.717, 1.165) is 0 Å². The van der Waals surface area contributed by atoms with Crippen molar-refractivity contribution in [3.8, 4) is 11.1 Å². The second kappa shape index (κ2) is 6.97. The molecule has 0 bridgehead atoms. The molecule has 3 N–H and O–H groups in total. The van der Waals surface area contributed by atoms with E-state index in [1.54, 1.807) is 6.92 Å². The summed E-state index contributed by atoms with van der Waals surface area (Å²) in [5.74, 6) is -0.747. The number of aliphatic imine (C=N–C) groups is 1. The van der Waals surface area contributed by atoms with Crippen LogP contribution in [0.15, 0.2) is 29.4 Å². The van der Waals surface area contributed by atoms with Crippen LogP contribution in [0.5, 0.6) is 0 Å². The van der Waals surface area contributed by atoms with Crippen molar-refractivity contribution in [3.63, 3.8) is 0 Å². The van der Waals surface area contributed by atoms with Gasteiger partial charge in [-0.25, -0.2) is 23.1 Å². The minimum Gasteiger partial charge on any atom is -0.392 e. The van der Waals surface area contributed by atoms with Crippen molar-refractivity contribution in [1.82, 2.24) is 4.98 Å². The van der Waals surface area contributed by atoms with Crippen LogP contribution >= 0.6 is 11.6 Å². The van der Waals surface area contributed by atoms with E-state index in [9.17, 15) is 18.3 Å². The minimum absolute atomic E-state index is 0.123. The molecule has 2 aromatic rings. The van der Waals surface area contributed by atoms with Gasteiger partial charge in [-0.05, 0) is 30.7 Å². The van der Waals surface area contributed by atoms with Gasteiger partial charge in [0, 0.05) is 17.3 Å². The van der Waals surface area contributed by atoms with Gasteiger partial charge in [-0.3, -0.25) is 0 Å². The van der Waals surface area contributed by atoms with Crippen LogP contribution in [0.2, 0.25) is 5.02 Å². The number of hydrogen-bond donors (Lipinski definition) is 2. The molecule has 0 amide bonds. The summed E-state index contributed by atoms with van der Waals surface area (Å²) in [6, 6.07) is 3.81. The lowest BCUT2D eigenvalue weighted by atomic mass is 9.99. The number of alkyl halides is 2. The van der Waals surface area contributed by atoms with Crippen molar-refractivity contribution in [2.24, 2.45) is 10.7 Å². The molecule has 1 aromatic carbocycles. The van der Waals surface area contributed by atoms with Gasteiger partial charge in [0.2, 0.25) is 0 Å². The van der Waals surface area contributed by atoms with Crippen LogP contribution in [-0.2, 0) is 6.61 Å². The lowest BCUT2D eigenvalue weighted by Crippen LogP contribution is -2.04. The maximum atomic E-state index is 14.5. The number of rotatable bonds is 4. The minimum atomic E-state index is -3.06. The van der Waals surface area contributed by atoms with Crippen molar-refractivity contribution in [3.05, 3.63) is 46.4 Å². The summed E-state index contributed by atoms with van der Waals surface area (Å²) in [7, 11) is 0. The zero-order valence-corrected chi connectivity index (χ0v) is 12.8. The molecule has 0 atom stereocenters. The predicted octanol–water partition coefficient (Wildman–Crippen LogP) is 3.98. The standard InChI is InChI=1S/C15H13ClF3N3O/c1-7(20)22-12-4-10(8(6-23)5-21-12)9-2-3-11(16)13(14(9)17)15(18)19/h2-5,15,23H,6H2,1H3,(H2,20,21,22). The predicted molar refractivity (Wildman–Crippen MR) is 82.5 cm³/mol. The first-order valence-electron chi connectivity index (χ1n) is 6.52. The maximum absolute atomic E-state index is 14.5. The molecule has 0 unspecified atom stereocenters. The number of benzene rings is 1. The van der Waals surface area contributed by atoms with Crippen LogP contribution in [0.1, 0.15) is 24.5 Å². The van der Waals surface area contributed by atoms with Crippen LogP contribution in [0.25, 0.3) is 11.1 Å². The highest BCUT2D eigenvalue weighted by atomic mass is 35.5. The maximum Gasteiger partial charge on any atom is 0.268 e. The van der Waals surface area contributed by atoms with Gasteiger partial charge in [-0.15, -0.1) is 0 Å². The Labute approximate surface area is 135 Å². The fraction of sp³-hybridized carbons (Fsp3) is 0.200. The summed E-state index contributed by atoms with van der Waals surface area (Å²) < 4.78 is 40.4. The quantitative estimate of drug-likeness (QED) is 0.651. The van der Waals surface area contributed by atoms with E-state index in [0.29, 0.717) is 0 Å². The van der Waals surface area contributed by atoms with Gasteiger partial charge < -0.3 is 10.8 Å². The largest absolute Gasteiger partial charge is 0.392 e. The molecule has 122 valence electrons. The molecule has 0 aliphatic rings. The van der Waals surface area contributed by atoms with Crippen LogP contribution in [-0.4, -0.2) is 15.9 Å². The molecule has 0 aliphatic carbocycles. The molecule has 0 fully saturated rings. The summed E-state index contributed by atoms with van der Waals surface area (Å²) in [6.07, 6.45) is -1.78. The number of nitrogens with zero attached hydrogens (tertiary/aromatic N) is 2. The molecule has 0 saturated carbocycles. The summed E-state index contributed by atoms with van der Waals surface area (Å²) in [4.78, 5) is 7.89. The third kappa shape index (κ3) is 3.62. The fourth-order valence-corrected chi connectivity index (χ4v) is 2.30. The summed E-state index contributed by atoms with van der Waals surface area (Å²) in [5, 5.41) is 9.02. The Morgan fingerprint density at radius 3 is 2.65 bits per heavy atom. The van der Waals surface area contributed by atoms with Crippen LogP contribution in [0.4, 0.5) is 19.0 Å². The van der Waals surface area contributed by atoms with E-state index in [1.165, 1.54) is 24.4 Å². The Hall–Kier alpha value is -2.12. The molecule has 8 heteroatoms. The first-order valence-corrected chi connectivity index (χ1v) is 6.90. The lowest BCUT2D eigenvalue weighted by molar-refractivity contribution is 0.146. The van der Waals surface area contributed by atoms with Crippen LogP contribution in [0, 0.1) is 5.82 Å². The third-order valence-electron chi connectivity index (χ3n) is 3.07. The number of nitrogens with two attached hydrogens (primary N) is 1. The summed E-state index contributed by atoms with van der Waals surface area (Å²) in [5.41, 5.74) is 4.92. The number of pyridine rings is 1. The monoisotopic (exact) mass is 343 g/mol. The van der Waals surface area contributed by atoms with Crippen molar-refractivity contribution in [1.29, 1.82) is 0 Å². The van der Waals surface area contributed by atoms with Crippen molar-refractivity contribution >= 4 is 23.3 Å². The van der Waals surface area contributed by atoms with E-state index in [-0.39, 0.29) is 33.4 Å². The number of aliphatic hydroxyl groups excluding tert-OH is 1. The van der Waals surface area contributed by atoms with E-state index in [2.05, 4.69) is 9.98 Å². The summed E-state index contributed by atoms with van der Waals surface area (Å²) >= 11 is 5.64. The van der Waals surface area contributed by atoms with Gasteiger partial charge in [0.15, 0.2) is 5.82 Å². The number of amidine groups is 1. The third-order valence-corrected chi connectivity index (χ3v) is 3.40. The summed E-state index contributed by atoms with van der Waals surface area (Å²) in [6.45, 7) is 1.10. The average molecular weight is 344 g/mol. The van der Waals surface area contributed by atoms with E-state index in [1.807, 2.05) is 0 Å². The Balaban J connectivity index is 2.70. The molecule has 1 aromatic heterocycles. The molecule has 4 nitrogen and oxygen atoms in total. The lowest BCUT2D eigenvalue weighted by Gasteiger charge is -2.13. The van der Waals surface area contributed by atoms with E-state index >= 15 is 0 Å². The molecule has 0 aliphatic heterocycles. The van der Waals surface area contributed by atoms with E-state index in [4.69, 9.17) is 17.3 Å². The van der Waals surface area contributed by atoms with Crippen molar-refractivity contribution in [2.75, 3.05) is 0 Å². The highest BCUT2D eigenvalue weighted by molar-refractivity contribution is 6.31. The molecule has 0 spiro atoms. The van der Waals surface area contributed by atoms with Gasteiger partial charge in [-0.1, -0.05) is 11.6 Å². The normalized spacial score (nSPS) is 12.0. The topological polar surface area (TPSA) is 71.5 Å². The van der Waals surface area contributed by atoms with Gasteiger partial charge in [0.25, 0.3) is 6.43 Å². The highest BCUT2D eigenvalue weighted by Gasteiger charge is 2.22. The molecule has 23 heavy (non-hydrogen) atoms. The first-order chi connectivity index (χ1) is 10.8. The SMILES string of the molecule is CC(N)=Nc1cc(-c2ccc(Cl)c(C(F)F)c2F)c(CO)cn1. The van der Waals surface area contributed by atoms with Gasteiger partial charge in [-0.2, -0.15) is 0 Å². The number of halogens is 4. The second-order valence-corrected chi connectivity index (χ2v) is 5.14. The molecule has 1 heterocycles. The number of aliphatic hydroxyl groups is 1. The number of aromatic nitrogens is 1. The molecular formula is C15H13ClF3N3O. The van der Waals surface area contributed by atoms with Gasteiger partial charge in [0.05, 0.1) is 23.0 Å². The Morgan fingerprint density at radius 2 is 2.09 bits per heavy atom. The van der Waals surface area contributed by atoms with Crippen LogP contribution in [0.3, 0.4) is 0 Å². The average Bonchev–Trinajstić information content (AvgIpc) is 2.46. The second-order valence-electron chi connectivity index (χ2n) is 4.73. The molecule has 0 radical (unpaired) electrons. The van der Waals surface area contributed by atoms with Gasteiger partial charge >= 0.3 is 0 Å². The molecular weight excluding hydrogens is 331 g/mol. The van der Waals surface area contributed by atoms with E-state index < -0.39 is 24.4 Å². The van der Waals surface area contributed by atoms with Gasteiger partial charge in [0.1, 0.15) is 5.82 Å². The molecule has 2 rings (SSSR count). The van der Waals surface area contributed by atoms with Crippen molar-refractivity contribution in [2.45, 2.75) is 20.0 Å². The Bertz CT molecular complexity index is 762.